The van der Waals surface area contributed by atoms with Crippen molar-refractivity contribution in [3.05, 3.63) is 28.2 Å². The maximum absolute atomic E-state index is 5.51. The SMILES string of the molecule is Brc1cccc2c1OCCOC2. The molecule has 1 heterocycles. The third-order valence-corrected chi connectivity index (χ3v) is 2.40. The second-order valence-corrected chi connectivity index (χ2v) is 3.48. The van der Waals surface area contributed by atoms with Crippen LogP contribution < -0.4 is 4.74 Å². The number of benzene rings is 1. The van der Waals surface area contributed by atoms with Crippen LogP contribution >= 0.6 is 15.9 Å². The minimum atomic E-state index is 0.635. The molecule has 0 aromatic heterocycles. The van der Waals surface area contributed by atoms with Gasteiger partial charge in [-0.3, -0.25) is 0 Å². The Labute approximate surface area is 79.6 Å². The Morgan fingerprint density at radius 1 is 1.25 bits per heavy atom. The fourth-order valence-electron chi connectivity index (χ4n) is 1.21. The molecule has 0 spiro atoms. The summed E-state index contributed by atoms with van der Waals surface area (Å²) < 4.78 is 11.8. The molecule has 0 radical (unpaired) electrons. The van der Waals surface area contributed by atoms with E-state index in [0.717, 1.165) is 15.8 Å². The van der Waals surface area contributed by atoms with Crippen molar-refractivity contribution in [3.8, 4) is 5.75 Å². The maximum Gasteiger partial charge on any atom is 0.139 e. The first-order valence-corrected chi connectivity index (χ1v) is 4.65. The fourth-order valence-corrected chi connectivity index (χ4v) is 1.74. The molecule has 0 saturated carbocycles. The van der Waals surface area contributed by atoms with Gasteiger partial charge in [-0.2, -0.15) is 0 Å². The fraction of sp³-hybridized carbons (Fsp3) is 0.333. The Kier molecular flexibility index (Phi) is 2.33. The largest absolute Gasteiger partial charge is 0.490 e. The van der Waals surface area contributed by atoms with E-state index in [2.05, 4.69) is 15.9 Å². The highest BCUT2D eigenvalue weighted by molar-refractivity contribution is 9.10. The van der Waals surface area contributed by atoms with Crippen LogP contribution in [0.4, 0.5) is 0 Å². The highest BCUT2D eigenvalue weighted by Gasteiger charge is 2.10. The van der Waals surface area contributed by atoms with E-state index < -0.39 is 0 Å². The van der Waals surface area contributed by atoms with Gasteiger partial charge in [0.25, 0.3) is 0 Å². The van der Waals surface area contributed by atoms with Gasteiger partial charge in [0.05, 0.1) is 17.7 Å². The molecular weight excluding hydrogens is 220 g/mol. The summed E-state index contributed by atoms with van der Waals surface area (Å²) in [6.45, 7) is 1.95. The number of hydrogen-bond donors (Lipinski definition) is 0. The van der Waals surface area contributed by atoms with Crippen molar-refractivity contribution in [2.75, 3.05) is 13.2 Å². The van der Waals surface area contributed by atoms with E-state index in [1.165, 1.54) is 0 Å². The lowest BCUT2D eigenvalue weighted by atomic mass is 10.2. The van der Waals surface area contributed by atoms with Crippen molar-refractivity contribution < 1.29 is 9.47 Å². The molecule has 64 valence electrons. The predicted octanol–water partition coefficient (Wildman–Crippen LogP) is 2.36. The molecule has 12 heavy (non-hydrogen) atoms. The summed E-state index contributed by atoms with van der Waals surface area (Å²) in [4.78, 5) is 0. The Morgan fingerprint density at radius 3 is 3.08 bits per heavy atom. The van der Waals surface area contributed by atoms with Crippen molar-refractivity contribution in [1.82, 2.24) is 0 Å². The molecule has 0 saturated heterocycles. The standard InChI is InChI=1S/C9H9BrO2/c10-8-3-1-2-7-6-11-4-5-12-9(7)8/h1-3H,4-6H2. The van der Waals surface area contributed by atoms with Crippen molar-refractivity contribution in [2.24, 2.45) is 0 Å². The highest BCUT2D eigenvalue weighted by Crippen LogP contribution is 2.30. The zero-order valence-corrected chi connectivity index (χ0v) is 8.13. The molecule has 0 atom stereocenters. The highest BCUT2D eigenvalue weighted by atomic mass is 79.9. The van der Waals surface area contributed by atoms with E-state index >= 15 is 0 Å². The van der Waals surface area contributed by atoms with Crippen LogP contribution in [0.2, 0.25) is 0 Å². The zero-order chi connectivity index (χ0) is 8.39. The van der Waals surface area contributed by atoms with Crippen LogP contribution in [0.25, 0.3) is 0 Å². The second-order valence-electron chi connectivity index (χ2n) is 2.63. The van der Waals surface area contributed by atoms with Crippen LogP contribution in [-0.4, -0.2) is 13.2 Å². The average molecular weight is 229 g/mol. The summed E-state index contributed by atoms with van der Waals surface area (Å²) in [5.74, 6) is 0.926. The Morgan fingerprint density at radius 2 is 2.17 bits per heavy atom. The average Bonchev–Trinajstić information content (AvgIpc) is 2.30. The van der Waals surface area contributed by atoms with Crippen molar-refractivity contribution in [2.45, 2.75) is 6.61 Å². The zero-order valence-electron chi connectivity index (χ0n) is 6.55. The molecule has 0 amide bonds. The molecule has 3 heteroatoms. The van der Waals surface area contributed by atoms with Crippen LogP contribution in [0.3, 0.4) is 0 Å². The minimum absolute atomic E-state index is 0.635. The maximum atomic E-state index is 5.51. The Bertz CT molecular complexity index is 286. The van der Waals surface area contributed by atoms with Gasteiger partial charge in [-0.05, 0) is 22.0 Å². The van der Waals surface area contributed by atoms with Gasteiger partial charge in [-0.15, -0.1) is 0 Å². The third-order valence-electron chi connectivity index (χ3n) is 1.78. The first kappa shape index (κ1) is 8.08. The van der Waals surface area contributed by atoms with E-state index in [4.69, 9.17) is 9.47 Å². The number of ether oxygens (including phenoxy) is 2. The first-order chi connectivity index (χ1) is 5.88. The van der Waals surface area contributed by atoms with Gasteiger partial charge < -0.3 is 9.47 Å². The topological polar surface area (TPSA) is 18.5 Å². The molecular formula is C9H9BrO2. The molecule has 0 N–H and O–H groups in total. The lowest BCUT2D eigenvalue weighted by Gasteiger charge is -2.06. The van der Waals surface area contributed by atoms with E-state index in [-0.39, 0.29) is 0 Å². The van der Waals surface area contributed by atoms with Crippen LogP contribution in [0, 0.1) is 0 Å². The quantitative estimate of drug-likeness (QED) is 0.679. The molecule has 0 bridgehead atoms. The van der Waals surface area contributed by atoms with E-state index in [0.29, 0.717) is 19.8 Å². The smallest absolute Gasteiger partial charge is 0.139 e. The van der Waals surface area contributed by atoms with Gasteiger partial charge in [-0.1, -0.05) is 12.1 Å². The summed E-state index contributed by atoms with van der Waals surface area (Å²) in [7, 11) is 0. The third kappa shape index (κ3) is 1.47. The van der Waals surface area contributed by atoms with Gasteiger partial charge in [0.2, 0.25) is 0 Å². The van der Waals surface area contributed by atoms with E-state index in [1.807, 2.05) is 18.2 Å². The van der Waals surface area contributed by atoms with Gasteiger partial charge >= 0.3 is 0 Å². The molecule has 1 aliphatic heterocycles. The van der Waals surface area contributed by atoms with E-state index in [1.54, 1.807) is 0 Å². The van der Waals surface area contributed by atoms with Crippen LogP contribution in [0.1, 0.15) is 5.56 Å². The Hall–Kier alpha value is -0.540. The second kappa shape index (κ2) is 3.46. The lowest BCUT2D eigenvalue weighted by Crippen LogP contribution is -2.01. The van der Waals surface area contributed by atoms with Crippen LogP contribution in [-0.2, 0) is 11.3 Å². The molecule has 0 fully saturated rings. The molecule has 2 nitrogen and oxygen atoms in total. The summed E-state index contributed by atoms with van der Waals surface area (Å²) in [5, 5.41) is 0. The number of hydrogen-bond acceptors (Lipinski definition) is 2. The lowest BCUT2D eigenvalue weighted by molar-refractivity contribution is 0.107. The van der Waals surface area contributed by atoms with Crippen molar-refractivity contribution in [1.29, 1.82) is 0 Å². The molecule has 1 aliphatic rings. The van der Waals surface area contributed by atoms with Gasteiger partial charge in [0.15, 0.2) is 0 Å². The molecule has 0 unspecified atom stereocenters. The Balaban J connectivity index is 2.42. The van der Waals surface area contributed by atoms with Gasteiger partial charge in [0, 0.05) is 5.56 Å². The van der Waals surface area contributed by atoms with Gasteiger partial charge in [0.1, 0.15) is 12.4 Å². The summed E-state index contributed by atoms with van der Waals surface area (Å²) >= 11 is 3.44. The first-order valence-electron chi connectivity index (χ1n) is 3.86. The predicted molar refractivity (Wildman–Crippen MR) is 49.3 cm³/mol. The monoisotopic (exact) mass is 228 g/mol. The minimum Gasteiger partial charge on any atom is -0.490 e. The van der Waals surface area contributed by atoms with Gasteiger partial charge in [-0.25, -0.2) is 0 Å². The van der Waals surface area contributed by atoms with E-state index in [9.17, 15) is 0 Å². The number of rotatable bonds is 0. The normalized spacial score (nSPS) is 16.1. The summed E-state index contributed by atoms with van der Waals surface area (Å²) in [5.41, 5.74) is 1.11. The molecule has 2 rings (SSSR count). The van der Waals surface area contributed by atoms with Crippen LogP contribution in [0.15, 0.2) is 22.7 Å². The molecule has 0 aliphatic carbocycles. The summed E-state index contributed by atoms with van der Waals surface area (Å²) in [6, 6.07) is 5.98. The number of fused-ring (bicyclic) bond motifs is 1. The molecule has 1 aromatic rings. The number of halogens is 1. The van der Waals surface area contributed by atoms with Crippen LogP contribution in [0.5, 0.6) is 5.75 Å². The number of para-hydroxylation sites is 1. The van der Waals surface area contributed by atoms with Crippen molar-refractivity contribution in [3.63, 3.8) is 0 Å². The molecule has 1 aromatic carbocycles. The summed E-state index contributed by atoms with van der Waals surface area (Å²) in [6.07, 6.45) is 0. The van der Waals surface area contributed by atoms with Crippen molar-refractivity contribution >= 4 is 15.9 Å².